The van der Waals surface area contributed by atoms with Gasteiger partial charge >= 0.3 is 11.9 Å². The van der Waals surface area contributed by atoms with Crippen LogP contribution in [0.1, 0.15) is 72.0 Å². The summed E-state index contributed by atoms with van der Waals surface area (Å²) in [6.07, 6.45) is 7.57. The molecule has 6 nitrogen and oxygen atoms in total. The standard InChI is InChI=1S/C36H39F2NO5/c1-24-27(9-5-11-31(24)37)8-3-4-23-44-29-19-15-26(16-20-29)14-17-28-18-21-32(38)35-30(10-6-12-33(40)41)25(2)39(36(28)35)22-7-13-34(42)43/h5,9,11,14-21H,3-4,6-8,10,12-13,22-23H2,1-2H3,(H,40,41)(H,42,43)/b17-14+. The zero-order valence-corrected chi connectivity index (χ0v) is 25.2. The number of benzene rings is 3. The Morgan fingerprint density at radius 1 is 0.818 bits per heavy atom. The SMILES string of the molecule is Cc1c(F)cccc1CCCCOc1ccc(/C=C/c2ccc(F)c3c(CCCC(=O)O)c(C)n(CCCC(=O)O)c23)cc1. The lowest BCUT2D eigenvalue weighted by Crippen LogP contribution is -2.05. The Morgan fingerprint density at radius 3 is 2.27 bits per heavy atom. The van der Waals surface area contributed by atoms with Crippen LogP contribution < -0.4 is 4.74 Å². The van der Waals surface area contributed by atoms with Crippen LogP contribution in [0.15, 0.2) is 54.6 Å². The average Bonchev–Trinajstić information content (AvgIpc) is 3.27. The second kappa shape index (κ2) is 15.3. The Kier molecular flexibility index (Phi) is 11.3. The van der Waals surface area contributed by atoms with Crippen molar-refractivity contribution in [1.82, 2.24) is 4.57 Å². The van der Waals surface area contributed by atoms with E-state index in [2.05, 4.69) is 0 Å². The number of halogens is 2. The monoisotopic (exact) mass is 603 g/mol. The minimum atomic E-state index is -0.899. The minimum absolute atomic E-state index is 0.00491. The highest BCUT2D eigenvalue weighted by atomic mass is 19.1. The lowest BCUT2D eigenvalue weighted by Gasteiger charge is -2.10. The molecule has 0 amide bonds. The summed E-state index contributed by atoms with van der Waals surface area (Å²) in [5.74, 6) is -1.59. The van der Waals surface area contributed by atoms with Crippen molar-refractivity contribution in [3.63, 3.8) is 0 Å². The number of unbranched alkanes of at least 4 members (excludes halogenated alkanes) is 1. The van der Waals surface area contributed by atoms with Gasteiger partial charge in [0.2, 0.25) is 0 Å². The van der Waals surface area contributed by atoms with Crippen LogP contribution in [0.4, 0.5) is 8.78 Å². The first-order valence-corrected chi connectivity index (χ1v) is 15.0. The molecule has 4 rings (SSSR count). The van der Waals surface area contributed by atoms with E-state index >= 15 is 4.39 Å². The fraction of sp³-hybridized carbons (Fsp3) is 0.333. The Morgan fingerprint density at radius 2 is 1.55 bits per heavy atom. The predicted molar refractivity (Wildman–Crippen MR) is 169 cm³/mol. The van der Waals surface area contributed by atoms with Crippen LogP contribution in [0, 0.1) is 25.5 Å². The van der Waals surface area contributed by atoms with Gasteiger partial charge in [0.25, 0.3) is 0 Å². The number of carbonyl (C=O) groups is 2. The van der Waals surface area contributed by atoms with E-state index in [1.165, 1.54) is 12.1 Å². The highest BCUT2D eigenvalue weighted by molar-refractivity contribution is 5.94. The molecule has 232 valence electrons. The highest BCUT2D eigenvalue weighted by Crippen LogP contribution is 2.33. The maximum absolute atomic E-state index is 15.3. The number of aliphatic carboxylic acids is 2. The second-order valence-corrected chi connectivity index (χ2v) is 11.1. The van der Waals surface area contributed by atoms with E-state index in [-0.39, 0.29) is 24.5 Å². The van der Waals surface area contributed by atoms with Crippen LogP contribution in [-0.2, 0) is 29.0 Å². The fourth-order valence-corrected chi connectivity index (χ4v) is 5.59. The van der Waals surface area contributed by atoms with Crippen molar-refractivity contribution in [1.29, 1.82) is 0 Å². The molecular formula is C36H39F2NO5. The van der Waals surface area contributed by atoms with Crippen LogP contribution in [0.2, 0.25) is 0 Å². The number of hydrogen-bond acceptors (Lipinski definition) is 3. The maximum Gasteiger partial charge on any atom is 0.303 e. The molecule has 0 spiro atoms. The van der Waals surface area contributed by atoms with E-state index in [1.54, 1.807) is 19.1 Å². The summed E-state index contributed by atoms with van der Waals surface area (Å²) < 4.78 is 36.8. The van der Waals surface area contributed by atoms with Crippen molar-refractivity contribution in [2.24, 2.45) is 0 Å². The number of aryl methyl sites for hydroxylation is 3. The normalized spacial score (nSPS) is 11.5. The number of fused-ring (bicyclic) bond motifs is 1. The number of ether oxygens (including phenoxy) is 1. The van der Waals surface area contributed by atoms with Gasteiger partial charge in [-0.15, -0.1) is 0 Å². The van der Waals surface area contributed by atoms with Gasteiger partial charge in [0.1, 0.15) is 17.4 Å². The Bertz CT molecular complexity index is 1640. The molecule has 1 heterocycles. The molecule has 3 aromatic carbocycles. The molecule has 0 bridgehead atoms. The number of hydrogen-bond donors (Lipinski definition) is 2. The first-order valence-electron chi connectivity index (χ1n) is 15.0. The van der Waals surface area contributed by atoms with Crippen molar-refractivity contribution in [2.45, 2.75) is 71.8 Å². The van der Waals surface area contributed by atoms with Crippen molar-refractivity contribution < 1.29 is 33.3 Å². The molecule has 0 aliphatic heterocycles. The summed E-state index contributed by atoms with van der Waals surface area (Å²) >= 11 is 0. The van der Waals surface area contributed by atoms with E-state index < -0.39 is 11.9 Å². The summed E-state index contributed by atoms with van der Waals surface area (Å²) in [5.41, 5.74) is 5.72. The Labute approximate surface area is 256 Å². The van der Waals surface area contributed by atoms with Gasteiger partial charge in [-0.3, -0.25) is 9.59 Å². The molecule has 0 atom stereocenters. The van der Waals surface area contributed by atoms with E-state index in [0.29, 0.717) is 48.9 Å². The number of carboxylic acids is 2. The molecule has 0 radical (unpaired) electrons. The van der Waals surface area contributed by atoms with Crippen molar-refractivity contribution in [2.75, 3.05) is 6.61 Å². The van der Waals surface area contributed by atoms with Gasteiger partial charge < -0.3 is 19.5 Å². The van der Waals surface area contributed by atoms with E-state index in [0.717, 1.165) is 53.0 Å². The van der Waals surface area contributed by atoms with Crippen molar-refractivity contribution in [3.8, 4) is 5.75 Å². The van der Waals surface area contributed by atoms with E-state index in [9.17, 15) is 14.0 Å². The first kappa shape index (κ1) is 32.5. The number of rotatable bonds is 16. The van der Waals surface area contributed by atoms with Crippen LogP contribution in [-0.4, -0.2) is 33.3 Å². The molecule has 0 aliphatic rings. The van der Waals surface area contributed by atoms with Gasteiger partial charge in [-0.1, -0.05) is 36.4 Å². The van der Waals surface area contributed by atoms with Crippen LogP contribution >= 0.6 is 0 Å². The molecule has 1 aromatic heterocycles. The largest absolute Gasteiger partial charge is 0.494 e. The van der Waals surface area contributed by atoms with Crippen LogP contribution in [0.5, 0.6) is 5.75 Å². The van der Waals surface area contributed by atoms with Crippen LogP contribution in [0.3, 0.4) is 0 Å². The van der Waals surface area contributed by atoms with E-state index in [1.807, 2.05) is 54.0 Å². The molecule has 0 unspecified atom stereocenters. The molecule has 0 aliphatic carbocycles. The number of nitrogens with zero attached hydrogens (tertiary/aromatic N) is 1. The van der Waals surface area contributed by atoms with Crippen molar-refractivity contribution >= 4 is 35.0 Å². The highest BCUT2D eigenvalue weighted by Gasteiger charge is 2.20. The smallest absolute Gasteiger partial charge is 0.303 e. The molecule has 0 saturated carbocycles. The van der Waals surface area contributed by atoms with Gasteiger partial charge in [-0.2, -0.15) is 0 Å². The van der Waals surface area contributed by atoms with Crippen molar-refractivity contribution in [3.05, 3.63) is 99.7 Å². The third-order valence-corrected chi connectivity index (χ3v) is 7.99. The molecule has 2 N–H and O–H groups in total. The number of aromatic nitrogens is 1. The molecule has 0 fully saturated rings. The van der Waals surface area contributed by atoms with Crippen LogP contribution in [0.25, 0.3) is 23.1 Å². The van der Waals surface area contributed by atoms with Gasteiger partial charge in [0.15, 0.2) is 0 Å². The summed E-state index contributed by atoms with van der Waals surface area (Å²) in [6.45, 7) is 4.65. The molecule has 8 heteroatoms. The lowest BCUT2D eigenvalue weighted by atomic mass is 10.0. The summed E-state index contributed by atoms with van der Waals surface area (Å²) in [4.78, 5) is 22.3. The molecule has 0 saturated heterocycles. The topological polar surface area (TPSA) is 88.8 Å². The van der Waals surface area contributed by atoms with Gasteiger partial charge in [0, 0.05) is 30.5 Å². The molecule has 4 aromatic rings. The van der Waals surface area contributed by atoms with E-state index in [4.69, 9.17) is 14.9 Å². The quantitative estimate of drug-likeness (QED) is 0.0992. The molecular weight excluding hydrogens is 564 g/mol. The molecule has 44 heavy (non-hydrogen) atoms. The fourth-order valence-electron chi connectivity index (χ4n) is 5.59. The number of carboxylic acid groups (broad SMARTS) is 2. The summed E-state index contributed by atoms with van der Waals surface area (Å²) in [5, 5.41) is 18.7. The summed E-state index contributed by atoms with van der Waals surface area (Å²) in [6, 6.07) is 16.0. The van der Waals surface area contributed by atoms with Gasteiger partial charge in [-0.05, 0) is 111 Å². The minimum Gasteiger partial charge on any atom is -0.494 e. The zero-order chi connectivity index (χ0) is 31.6. The predicted octanol–water partition coefficient (Wildman–Crippen LogP) is 8.38. The maximum atomic E-state index is 15.3. The summed E-state index contributed by atoms with van der Waals surface area (Å²) in [7, 11) is 0. The zero-order valence-electron chi connectivity index (χ0n) is 25.2. The second-order valence-electron chi connectivity index (χ2n) is 11.1. The Balaban J connectivity index is 1.46. The van der Waals surface area contributed by atoms with Gasteiger partial charge in [-0.25, -0.2) is 8.78 Å². The average molecular weight is 604 g/mol. The first-order chi connectivity index (χ1) is 21.2. The lowest BCUT2D eigenvalue weighted by molar-refractivity contribution is -0.138. The third-order valence-electron chi connectivity index (χ3n) is 7.99. The third kappa shape index (κ3) is 8.34. The van der Waals surface area contributed by atoms with Gasteiger partial charge in [0.05, 0.1) is 12.1 Å². The Hall–Kier alpha value is -4.46.